The lowest BCUT2D eigenvalue weighted by atomic mass is 10.1. The predicted molar refractivity (Wildman–Crippen MR) is 70.5 cm³/mol. The Morgan fingerprint density at radius 3 is 2.38 bits per heavy atom. The average molecular weight is 289 g/mol. The summed E-state index contributed by atoms with van der Waals surface area (Å²) in [4.78, 5) is 8.15. The number of hydrogen-bond acceptors (Lipinski definition) is 3. The molecule has 0 atom stereocenters. The van der Waals surface area contributed by atoms with Crippen LogP contribution in [0.3, 0.4) is 0 Å². The molecule has 0 spiro atoms. The standard InChI is InChI=1S/C15H8F3N2O/c16-15(17,18)10-7-5-9(6-8-10)13-14(21)20-12-4-2-1-3-11(12)19-13/h1-2,4-8H,(H,20,21). The minimum atomic E-state index is -4.40. The second-order valence-corrected chi connectivity index (χ2v) is 4.37. The molecule has 0 aliphatic carbocycles. The SMILES string of the molecule is Oc1nc2ccc[c]c2nc1-c1ccc(C(F)(F)F)cc1. The molecule has 0 amide bonds. The van der Waals surface area contributed by atoms with E-state index in [4.69, 9.17) is 0 Å². The third-order valence-corrected chi connectivity index (χ3v) is 2.96. The Balaban J connectivity index is 2.09. The quantitative estimate of drug-likeness (QED) is 0.740. The fourth-order valence-corrected chi connectivity index (χ4v) is 1.94. The van der Waals surface area contributed by atoms with Gasteiger partial charge >= 0.3 is 6.18 Å². The van der Waals surface area contributed by atoms with Crippen molar-refractivity contribution in [1.29, 1.82) is 0 Å². The van der Waals surface area contributed by atoms with Crippen molar-refractivity contribution in [2.75, 3.05) is 0 Å². The van der Waals surface area contributed by atoms with Crippen LogP contribution in [-0.4, -0.2) is 15.1 Å². The van der Waals surface area contributed by atoms with Crippen LogP contribution >= 0.6 is 0 Å². The minimum absolute atomic E-state index is 0.124. The van der Waals surface area contributed by atoms with E-state index >= 15 is 0 Å². The van der Waals surface area contributed by atoms with Gasteiger partial charge < -0.3 is 5.11 Å². The first kappa shape index (κ1) is 13.4. The summed E-state index contributed by atoms with van der Waals surface area (Å²) < 4.78 is 37.6. The first-order valence-electron chi connectivity index (χ1n) is 6.00. The van der Waals surface area contributed by atoms with E-state index in [1.165, 1.54) is 12.1 Å². The minimum Gasteiger partial charge on any atom is -0.492 e. The molecule has 21 heavy (non-hydrogen) atoms. The predicted octanol–water partition coefficient (Wildman–Crippen LogP) is 3.82. The zero-order valence-corrected chi connectivity index (χ0v) is 10.5. The first-order chi connectivity index (χ1) is 9.95. The Morgan fingerprint density at radius 1 is 1.00 bits per heavy atom. The fourth-order valence-electron chi connectivity index (χ4n) is 1.94. The van der Waals surface area contributed by atoms with Crippen LogP contribution in [0, 0.1) is 6.07 Å². The molecule has 0 aliphatic heterocycles. The van der Waals surface area contributed by atoms with Crippen LogP contribution in [0.25, 0.3) is 22.3 Å². The molecule has 105 valence electrons. The Labute approximate surface area is 117 Å². The molecule has 0 bridgehead atoms. The van der Waals surface area contributed by atoms with Gasteiger partial charge in [-0.1, -0.05) is 24.3 Å². The molecule has 3 aromatic rings. The van der Waals surface area contributed by atoms with Gasteiger partial charge in [0, 0.05) is 11.6 Å². The van der Waals surface area contributed by atoms with Gasteiger partial charge in [-0.3, -0.25) is 0 Å². The molecule has 3 rings (SSSR count). The highest BCUT2D eigenvalue weighted by atomic mass is 19.4. The first-order valence-corrected chi connectivity index (χ1v) is 6.00. The maximum absolute atomic E-state index is 12.5. The number of nitrogens with zero attached hydrogens (tertiary/aromatic N) is 2. The van der Waals surface area contributed by atoms with Crippen molar-refractivity contribution in [1.82, 2.24) is 9.97 Å². The zero-order valence-electron chi connectivity index (χ0n) is 10.5. The second kappa shape index (κ2) is 4.73. The van der Waals surface area contributed by atoms with Crippen molar-refractivity contribution >= 4 is 11.0 Å². The van der Waals surface area contributed by atoms with Gasteiger partial charge in [-0.05, 0) is 18.2 Å². The molecule has 0 aliphatic rings. The van der Waals surface area contributed by atoms with E-state index in [1.54, 1.807) is 18.2 Å². The summed E-state index contributed by atoms with van der Waals surface area (Å²) in [6.07, 6.45) is -4.40. The number of para-hydroxylation sites is 1. The van der Waals surface area contributed by atoms with Crippen molar-refractivity contribution in [2.45, 2.75) is 6.18 Å². The van der Waals surface area contributed by atoms with Gasteiger partial charge in [0.25, 0.3) is 0 Å². The molecule has 0 saturated heterocycles. The van der Waals surface area contributed by atoms with Crippen LogP contribution in [-0.2, 0) is 6.18 Å². The summed E-state index contributed by atoms with van der Waals surface area (Å²) in [6.45, 7) is 0. The Kier molecular flexibility index (Phi) is 3.01. The van der Waals surface area contributed by atoms with Crippen molar-refractivity contribution in [3.05, 3.63) is 54.1 Å². The van der Waals surface area contributed by atoms with Crippen molar-refractivity contribution in [3.8, 4) is 17.1 Å². The van der Waals surface area contributed by atoms with E-state index < -0.39 is 11.7 Å². The molecule has 6 heteroatoms. The number of hydrogen-bond donors (Lipinski definition) is 1. The number of halogens is 3. The van der Waals surface area contributed by atoms with E-state index in [9.17, 15) is 18.3 Å². The van der Waals surface area contributed by atoms with Gasteiger partial charge in [0.1, 0.15) is 5.69 Å². The number of aromatic nitrogens is 2. The Bertz CT molecular complexity index is 798. The molecular formula is C15H8F3N2O. The van der Waals surface area contributed by atoms with E-state index in [-0.39, 0.29) is 11.6 Å². The molecule has 3 nitrogen and oxygen atoms in total. The third kappa shape index (κ3) is 2.52. The van der Waals surface area contributed by atoms with Crippen LogP contribution < -0.4 is 0 Å². The summed E-state index contributed by atoms with van der Waals surface area (Å²) in [6, 6.07) is 12.2. The highest BCUT2D eigenvalue weighted by Crippen LogP contribution is 2.32. The Hall–Kier alpha value is -2.63. The van der Waals surface area contributed by atoms with Crippen molar-refractivity contribution in [3.63, 3.8) is 0 Å². The molecule has 2 aromatic carbocycles. The summed E-state index contributed by atoms with van der Waals surface area (Å²) in [5.41, 5.74) is 0.618. The van der Waals surface area contributed by atoms with Gasteiger partial charge in [-0.25, -0.2) is 9.97 Å². The smallest absolute Gasteiger partial charge is 0.416 e. The average Bonchev–Trinajstić information content (AvgIpc) is 2.46. The highest BCUT2D eigenvalue weighted by Gasteiger charge is 2.30. The van der Waals surface area contributed by atoms with E-state index in [2.05, 4.69) is 16.0 Å². The molecule has 1 aromatic heterocycles. The van der Waals surface area contributed by atoms with Gasteiger partial charge in [0.2, 0.25) is 5.88 Å². The largest absolute Gasteiger partial charge is 0.492 e. The summed E-state index contributed by atoms with van der Waals surface area (Å²) >= 11 is 0. The lowest BCUT2D eigenvalue weighted by Gasteiger charge is -2.08. The normalized spacial score (nSPS) is 11.8. The van der Waals surface area contributed by atoms with E-state index in [0.29, 0.717) is 16.6 Å². The molecular weight excluding hydrogens is 281 g/mol. The summed E-state index contributed by atoms with van der Waals surface area (Å²) in [7, 11) is 0. The topological polar surface area (TPSA) is 46.0 Å². The van der Waals surface area contributed by atoms with Crippen molar-refractivity contribution in [2.24, 2.45) is 0 Å². The van der Waals surface area contributed by atoms with E-state index in [1.807, 2.05) is 0 Å². The monoisotopic (exact) mass is 289 g/mol. The summed E-state index contributed by atoms with van der Waals surface area (Å²) in [5.74, 6) is -0.332. The molecule has 0 fully saturated rings. The second-order valence-electron chi connectivity index (χ2n) is 4.37. The third-order valence-electron chi connectivity index (χ3n) is 2.96. The highest BCUT2D eigenvalue weighted by molar-refractivity contribution is 5.79. The van der Waals surface area contributed by atoms with E-state index in [0.717, 1.165) is 12.1 Å². The van der Waals surface area contributed by atoms with Crippen LogP contribution in [0.1, 0.15) is 5.56 Å². The molecule has 1 N–H and O–H groups in total. The van der Waals surface area contributed by atoms with Crippen molar-refractivity contribution < 1.29 is 18.3 Å². The van der Waals surface area contributed by atoms with Gasteiger partial charge in [0.15, 0.2) is 0 Å². The molecule has 1 radical (unpaired) electrons. The number of aromatic hydroxyl groups is 1. The molecule has 0 saturated carbocycles. The molecule has 0 unspecified atom stereocenters. The van der Waals surface area contributed by atoms with Gasteiger partial charge in [-0.2, -0.15) is 13.2 Å². The molecule has 1 heterocycles. The van der Waals surface area contributed by atoms with Crippen LogP contribution in [0.4, 0.5) is 13.2 Å². The van der Waals surface area contributed by atoms with Crippen LogP contribution in [0.15, 0.2) is 42.5 Å². The fraction of sp³-hybridized carbons (Fsp3) is 0.0667. The summed E-state index contributed by atoms with van der Waals surface area (Å²) in [5, 5.41) is 9.88. The van der Waals surface area contributed by atoms with Crippen LogP contribution in [0.5, 0.6) is 5.88 Å². The number of fused-ring (bicyclic) bond motifs is 1. The maximum atomic E-state index is 12.5. The lowest BCUT2D eigenvalue weighted by molar-refractivity contribution is -0.137. The number of rotatable bonds is 1. The van der Waals surface area contributed by atoms with Gasteiger partial charge in [0.05, 0.1) is 16.6 Å². The number of alkyl halides is 3. The number of benzene rings is 2. The lowest BCUT2D eigenvalue weighted by Crippen LogP contribution is -2.04. The van der Waals surface area contributed by atoms with Gasteiger partial charge in [-0.15, -0.1) is 0 Å². The Morgan fingerprint density at radius 2 is 1.71 bits per heavy atom. The van der Waals surface area contributed by atoms with Crippen LogP contribution in [0.2, 0.25) is 0 Å². The maximum Gasteiger partial charge on any atom is 0.416 e. The zero-order chi connectivity index (χ0) is 15.0.